The molecule has 3 nitrogen and oxygen atoms in total. The van der Waals surface area contributed by atoms with Gasteiger partial charge in [-0.05, 0) is 49.7 Å². The van der Waals surface area contributed by atoms with Crippen LogP contribution < -0.4 is 5.32 Å². The SMILES string of the molecule is OC1CCCC1CNC1CCCc2cccnc21. The average molecular weight is 246 g/mol. The Morgan fingerprint density at radius 2 is 2.22 bits per heavy atom. The predicted octanol–water partition coefficient (Wildman–Crippen LogP) is 2.21. The maximum Gasteiger partial charge on any atom is 0.0605 e. The zero-order valence-electron chi connectivity index (χ0n) is 10.8. The zero-order chi connectivity index (χ0) is 12.4. The number of hydrogen-bond acceptors (Lipinski definition) is 3. The van der Waals surface area contributed by atoms with E-state index in [-0.39, 0.29) is 6.10 Å². The summed E-state index contributed by atoms with van der Waals surface area (Å²) in [4.78, 5) is 4.54. The minimum atomic E-state index is -0.0932. The van der Waals surface area contributed by atoms with E-state index in [1.165, 1.54) is 30.5 Å². The molecule has 0 spiro atoms. The van der Waals surface area contributed by atoms with Crippen molar-refractivity contribution in [3.05, 3.63) is 29.6 Å². The lowest BCUT2D eigenvalue weighted by Crippen LogP contribution is -2.33. The fourth-order valence-electron chi connectivity index (χ4n) is 3.36. The van der Waals surface area contributed by atoms with Crippen LogP contribution in [0.15, 0.2) is 18.3 Å². The van der Waals surface area contributed by atoms with Gasteiger partial charge in [0, 0.05) is 18.8 Å². The van der Waals surface area contributed by atoms with Gasteiger partial charge in [-0.1, -0.05) is 12.5 Å². The molecule has 18 heavy (non-hydrogen) atoms. The molecule has 1 heterocycles. The lowest BCUT2D eigenvalue weighted by Gasteiger charge is -2.27. The first-order valence-electron chi connectivity index (χ1n) is 7.20. The molecule has 0 bridgehead atoms. The van der Waals surface area contributed by atoms with Gasteiger partial charge >= 0.3 is 0 Å². The Morgan fingerprint density at radius 3 is 3.06 bits per heavy atom. The van der Waals surface area contributed by atoms with E-state index in [0.717, 1.165) is 25.8 Å². The first-order chi connectivity index (χ1) is 8.84. The molecule has 1 aromatic heterocycles. The third kappa shape index (κ3) is 2.43. The van der Waals surface area contributed by atoms with Gasteiger partial charge in [0.2, 0.25) is 0 Å². The van der Waals surface area contributed by atoms with Crippen molar-refractivity contribution in [3.63, 3.8) is 0 Å². The van der Waals surface area contributed by atoms with E-state index in [4.69, 9.17) is 0 Å². The van der Waals surface area contributed by atoms with E-state index >= 15 is 0 Å². The van der Waals surface area contributed by atoms with E-state index in [9.17, 15) is 5.11 Å². The number of aryl methyl sites for hydroxylation is 1. The largest absolute Gasteiger partial charge is 0.393 e. The van der Waals surface area contributed by atoms with Gasteiger partial charge in [0.15, 0.2) is 0 Å². The van der Waals surface area contributed by atoms with E-state index < -0.39 is 0 Å². The van der Waals surface area contributed by atoms with Crippen molar-refractivity contribution < 1.29 is 5.11 Å². The van der Waals surface area contributed by atoms with Crippen molar-refractivity contribution in [3.8, 4) is 0 Å². The maximum absolute atomic E-state index is 9.86. The summed E-state index contributed by atoms with van der Waals surface area (Å²) in [6, 6.07) is 4.62. The number of nitrogens with one attached hydrogen (secondary N) is 1. The van der Waals surface area contributed by atoms with Gasteiger partial charge in [-0.2, -0.15) is 0 Å². The predicted molar refractivity (Wildman–Crippen MR) is 71.3 cm³/mol. The molecule has 98 valence electrons. The summed E-state index contributed by atoms with van der Waals surface area (Å²) in [5.74, 6) is 0.444. The molecule has 0 saturated heterocycles. The molecule has 1 saturated carbocycles. The second kappa shape index (κ2) is 5.37. The molecule has 0 radical (unpaired) electrons. The Morgan fingerprint density at radius 1 is 1.28 bits per heavy atom. The number of rotatable bonds is 3. The van der Waals surface area contributed by atoms with Crippen LogP contribution in [0.3, 0.4) is 0 Å². The third-order valence-electron chi connectivity index (χ3n) is 4.44. The minimum Gasteiger partial charge on any atom is -0.393 e. The molecule has 0 amide bonds. The van der Waals surface area contributed by atoms with Crippen molar-refractivity contribution in [2.24, 2.45) is 5.92 Å². The molecule has 3 atom stereocenters. The van der Waals surface area contributed by atoms with Crippen LogP contribution in [0.1, 0.15) is 49.4 Å². The molecule has 3 unspecified atom stereocenters. The average Bonchev–Trinajstić information content (AvgIpc) is 2.82. The summed E-state index contributed by atoms with van der Waals surface area (Å²) in [5, 5.41) is 13.5. The quantitative estimate of drug-likeness (QED) is 0.859. The summed E-state index contributed by atoms with van der Waals surface area (Å²) >= 11 is 0. The third-order valence-corrected chi connectivity index (χ3v) is 4.44. The Labute approximate surface area is 109 Å². The Bertz CT molecular complexity index is 407. The fraction of sp³-hybridized carbons (Fsp3) is 0.667. The van der Waals surface area contributed by atoms with Gasteiger partial charge in [0.25, 0.3) is 0 Å². The number of pyridine rings is 1. The van der Waals surface area contributed by atoms with Crippen LogP contribution in [0, 0.1) is 5.92 Å². The Kier molecular flexibility index (Phi) is 3.62. The lowest BCUT2D eigenvalue weighted by molar-refractivity contribution is 0.129. The first kappa shape index (κ1) is 12.1. The van der Waals surface area contributed by atoms with Crippen LogP contribution in [0.5, 0.6) is 0 Å². The summed E-state index contributed by atoms with van der Waals surface area (Å²) in [6.45, 7) is 0.932. The van der Waals surface area contributed by atoms with Gasteiger partial charge < -0.3 is 10.4 Å². The van der Waals surface area contributed by atoms with Crippen LogP contribution in [0.25, 0.3) is 0 Å². The highest BCUT2D eigenvalue weighted by Gasteiger charge is 2.27. The molecule has 2 aliphatic carbocycles. The van der Waals surface area contributed by atoms with Crippen molar-refractivity contribution in [1.82, 2.24) is 10.3 Å². The van der Waals surface area contributed by atoms with Crippen LogP contribution in [0.4, 0.5) is 0 Å². The smallest absolute Gasteiger partial charge is 0.0605 e. The van der Waals surface area contributed by atoms with Gasteiger partial charge in [-0.15, -0.1) is 0 Å². The molecule has 3 heteroatoms. The van der Waals surface area contributed by atoms with Crippen molar-refractivity contribution in [2.45, 2.75) is 50.7 Å². The molecular weight excluding hydrogens is 224 g/mol. The highest BCUT2D eigenvalue weighted by atomic mass is 16.3. The summed E-state index contributed by atoms with van der Waals surface area (Å²) in [6.07, 6.45) is 8.69. The topological polar surface area (TPSA) is 45.1 Å². The zero-order valence-corrected chi connectivity index (χ0v) is 10.8. The number of nitrogens with zero attached hydrogens (tertiary/aromatic N) is 1. The second-order valence-electron chi connectivity index (χ2n) is 5.66. The normalized spacial score (nSPS) is 31.3. The highest BCUT2D eigenvalue weighted by molar-refractivity contribution is 5.25. The van der Waals surface area contributed by atoms with Gasteiger partial charge in [0.05, 0.1) is 11.8 Å². The van der Waals surface area contributed by atoms with E-state index in [1.807, 2.05) is 12.3 Å². The molecule has 0 aromatic carbocycles. The molecule has 1 aromatic rings. The Balaban J connectivity index is 1.64. The number of aromatic nitrogens is 1. The maximum atomic E-state index is 9.86. The lowest BCUT2D eigenvalue weighted by atomic mass is 9.91. The summed E-state index contributed by atoms with van der Waals surface area (Å²) in [5.41, 5.74) is 2.63. The van der Waals surface area contributed by atoms with Crippen molar-refractivity contribution in [1.29, 1.82) is 0 Å². The van der Waals surface area contributed by atoms with Crippen molar-refractivity contribution in [2.75, 3.05) is 6.54 Å². The highest BCUT2D eigenvalue weighted by Crippen LogP contribution is 2.29. The van der Waals surface area contributed by atoms with Gasteiger partial charge in [-0.25, -0.2) is 0 Å². The summed E-state index contributed by atoms with van der Waals surface area (Å²) < 4.78 is 0. The van der Waals surface area contributed by atoms with E-state index in [1.54, 1.807) is 0 Å². The molecule has 2 N–H and O–H groups in total. The summed E-state index contributed by atoms with van der Waals surface area (Å²) in [7, 11) is 0. The number of aliphatic hydroxyl groups excluding tert-OH is 1. The van der Waals surface area contributed by atoms with E-state index in [2.05, 4.69) is 16.4 Å². The molecule has 3 rings (SSSR count). The minimum absolute atomic E-state index is 0.0932. The van der Waals surface area contributed by atoms with Crippen molar-refractivity contribution >= 4 is 0 Å². The van der Waals surface area contributed by atoms with Crippen LogP contribution >= 0.6 is 0 Å². The molecule has 1 fully saturated rings. The van der Waals surface area contributed by atoms with E-state index in [0.29, 0.717) is 12.0 Å². The second-order valence-corrected chi connectivity index (χ2v) is 5.66. The van der Waals surface area contributed by atoms with Crippen LogP contribution in [0.2, 0.25) is 0 Å². The Hall–Kier alpha value is -0.930. The van der Waals surface area contributed by atoms with Gasteiger partial charge in [0.1, 0.15) is 0 Å². The molecular formula is C15H22N2O. The standard InChI is InChI=1S/C15H22N2O/c18-14-8-2-5-12(14)10-17-13-7-1-4-11-6-3-9-16-15(11)13/h3,6,9,12-14,17-18H,1-2,4-5,7-8,10H2. The number of aliphatic hydroxyl groups is 1. The number of hydrogen-bond donors (Lipinski definition) is 2. The molecule has 0 aliphatic heterocycles. The molecule has 2 aliphatic rings. The van der Waals surface area contributed by atoms with Crippen LogP contribution in [-0.4, -0.2) is 22.7 Å². The first-order valence-corrected chi connectivity index (χ1v) is 7.20. The monoisotopic (exact) mass is 246 g/mol. The fourth-order valence-corrected chi connectivity index (χ4v) is 3.36. The van der Waals surface area contributed by atoms with Crippen LogP contribution in [-0.2, 0) is 6.42 Å². The number of fused-ring (bicyclic) bond motifs is 1. The van der Waals surface area contributed by atoms with Gasteiger partial charge in [-0.3, -0.25) is 4.98 Å².